The van der Waals surface area contributed by atoms with E-state index in [1.165, 1.54) is 0 Å². The third kappa shape index (κ3) is 2.46. The lowest BCUT2D eigenvalue weighted by molar-refractivity contribution is -0.138. The van der Waals surface area contributed by atoms with Crippen molar-refractivity contribution in [2.24, 2.45) is 0 Å². The maximum atomic E-state index is 10.6. The van der Waals surface area contributed by atoms with Gasteiger partial charge in [0.15, 0.2) is 0 Å². The van der Waals surface area contributed by atoms with Gasteiger partial charge in [-0.15, -0.1) is 0 Å². The Morgan fingerprint density at radius 3 is 2.00 bits per heavy atom. The Bertz CT molecular complexity index is 101. The van der Waals surface area contributed by atoms with Gasteiger partial charge < -0.3 is 0 Å². The molecular formula is C6H13N2O. The lowest BCUT2D eigenvalue weighted by Gasteiger charge is -2.25. The summed E-state index contributed by atoms with van der Waals surface area (Å²) >= 11 is 0. The van der Waals surface area contributed by atoms with Crippen molar-refractivity contribution in [3.05, 3.63) is 6.92 Å². The minimum atomic E-state index is -0.164. The minimum absolute atomic E-state index is 0.164. The molecule has 3 nitrogen and oxygen atoms in total. The minimum Gasteiger partial charge on any atom is -0.276 e. The molecule has 0 aromatic carbocycles. The molecule has 0 spiro atoms. The first kappa shape index (κ1) is 8.43. The number of carbonyl (C=O) groups is 1. The summed E-state index contributed by atoms with van der Waals surface area (Å²) in [6.45, 7) is 5.86. The third-order valence-corrected chi connectivity index (χ3v) is 1.07. The summed E-state index contributed by atoms with van der Waals surface area (Å²) in [7, 11) is 3.62. The van der Waals surface area contributed by atoms with Gasteiger partial charge >= 0.3 is 0 Å². The molecule has 0 aliphatic carbocycles. The zero-order valence-corrected chi connectivity index (χ0v) is 6.22. The molecule has 0 aromatic rings. The molecule has 0 atom stereocenters. The van der Waals surface area contributed by atoms with Crippen molar-refractivity contribution in [2.45, 2.75) is 6.92 Å². The molecule has 0 unspecified atom stereocenters. The van der Waals surface area contributed by atoms with Crippen LogP contribution >= 0.6 is 0 Å². The molecule has 0 heterocycles. The second-order valence-corrected chi connectivity index (χ2v) is 1.96. The van der Waals surface area contributed by atoms with Crippen LogP contribution < -0.4 is 0 Å². The van der Waals surface area contributed by atoms with Crippen LogP contribution in [0.1, 0.15) is 6.92 Å². The molecule has 0 fully saturated rings. The van der Waals surface area contributed by atoms with E-state index in [0.29, 0.717) is 6.54 Å². The summed E-state index contributed by atoms with van der Waals surface area (Å²) in [5.41, 5.74) is 0. The molecule has 0 N–H and O–H groups in total. The first-order chi connectivity index (χ1) is 4.09. The van der Waals surface area contributed by atoms with Crippen molar-refractivity contribution >= 4 is 5.91 Å². The van der Waals surface area contributed by atoms with Gasteiger partial charge in [-0.3, -0.25) is 9.80 Å². The predicted molar refractivity (Wildman–Crippen MR) is 36.4 cm³/mol. The van der Waals surface area contributed by atoms with Crippen LogP contribution in [0.2, 0.25) is 0 Å². The number of hydrogen-bond donors (Lipinski definition) is 0. The lowest BCUT2D eigenvalue weighted by atomic mass is 10.6. The zero-order chi connectivity index (χ0) is 7.44. The SMILES string of the molecule is [CH2]C(=O)N(CC)N(C)C. The van der Waals surface area contributed by atoms with Crippen LogP contribution in [-0.2, 0) is 4.79 Å². The van der Waals surface area contributed by atoms with Gasteiger partial charge in [0, 0.05) is 27.6 Å². The fraction of sp³-hybridized carbons (Fsp3) is 0.667. The van der Waals surface area contributed by atoms with Gasteiger partial charge in [0.1, 0.15) is 0 Å². The molecule has 0 bridgehead atoms. The maximum absolute atomic E-state index is 10.6. The van der Waals surface area contributed by atoms with Crippen LogP contribution in [0.25, 0.3) is 0 Å². The predicted octanol–water partition coefficient (Wildman–Crippen LogP) is 0.146. The molecular weight excluding hydrogens is 116 g/mol. The van der Waals surface area contributed by atoms with Crippen LogP contribution in [0.4, 0.5) is 0 Å². The van der Waals surface area contributed by atoms with E-state index < -0.39 is 0 Å². The quantitative estimate of drug-likeness (QED) is 0.495. The van der Waals surface area contributed by atoms with Gasteiger partial charge in [-0.05, 0) is 6.92 Å². The van der Waals surface area contributed by atoms with Crippen molar-refractivity contribution < 1.29 is 4.79 Å². The normalized spacial score (nSPS) is 9.89. The molecule has 3 heteroatoms. The van der Waals surface area contributed by atoms with E-state index in [4.69, 9.17) is 0 Å². The van der Waals surface area contributed by atoms with Crippen molar-refractivity contribution in [1.82, 2.24) is 10.0 Å². The van der Waals surface area contributed by atoms with Crippen LogP contribution in [0.15, 0.2) is 0 Å². The number of hydrogen-bond acceptors (Lipinski definition) is 2. The van der Waals surface area contributed by atoms with Crippen molar-refractivity contribution in [3.8, 4) is 0 Å². The monoisotopic (exact) mass is 129 g/mol. The van der Waals surface area contributed by atoms with Gasteiger partial charge in [-0.25, -0.2) is 5.01 Å². The Labute approximate surface area is 56.2 Å². The standard InChI is InChI=1S/C6H13N2O/c1-5-8(6(2)9)7(3)4/h2,5H2,1,3-4H3. The van der Waals surface area contributed by atoms with Crippen LogP contribution in [-0.4, -0.2) is 36.6 Å². The Morgan fingerprint density at radius 1 is 1.56 bits per heavy atom. The topological polar surface area (TPSA) is 23.6 Å². The summed E-state index contributed by atoms with van der Waals surface area (Å²) < 4.78 is 0. The first-order valence-corrected chi connectivity index (χ1v) is 2.90. The molecule has 0 aromatic heterocycles. The zero-order valence-electron chi connectivity index (χ0n) is 6.22. The number of hydrazine groups is 1. The highest BCUT2D eigenvalue weighted by Crippen LogP contribution is 1.89. The van der Waals surface area contributed by atoms with Gasteiger partial charge in [0.05, 0.1) is 0 Å². The largest absolute Gasteiger partial charge is 0.276 e. The Hall–Kier alpha value is -0.570. The van der Waals surface area contributed by atoms with E-state index >= 15 is 0 Å². The summed E-state index contributed by atoms with van der Waals surface area (Å²) in [6, 6.07) is 0. The highest BCUT2D eigenvalue weighted by atomic mass is 16.2. The summed E-state index contributed by atoms with van der Waals surface area (Å²) in [5, 5.41) is 3.26. The molecule has 9 heavy (non-hydrogen) atoms. The molecule has 0 aliphatic heterocycles. The highest BCUT2D eigenvalue weighted by molar-refractivity contribution is 5.79. The maximum Gasteiger partial charge on any atom is 0.237 e. The molecule has 1 radical (unpaired) electrons. The molecule has 0 aliphatic rings. The highest BCUT2D eigenvalue weighted by Gasteiger charge is 2.06. The van der Waals surface area contributed by atoms with Crippen molar-refractivity contribution in [2.75, 3.05) is 20.6 Å². The lowest BCUT2D eigenvalue weighted by Crippen LogP contribution is -2.40. The van der Waals surface area contributed by atoms with E-state index in [0.717, 1.165) is 0 Å². The van der Waals surface area contributed by atoms with Crippen molar-refractivity contribution in [3.63, 3.8) is 0 Å². The second kappa shape index (κ2) is 3.45. The van der Waals surface area contributed by atoms with E-state index in [1.54, 1.807) is 10.0 Å². The average Bonchev–Trinajstić information content (AvgIpc) is 1.64. The van der Waals surface area contributed by atoms with Gasteiger partial charge in [-0.1, -0.05) is 0 Å². The summed E-state index contributed by atoms with van der Waals surface area (Å²) in [5.74, 6) is -0.164. The van der Waals surface area contributed by atoms with Crippen molar-refractivity contribution in [1.29, 1.82) is 0 Å². The fourth-order valence-corrected chi connectivity index (χ4v) is 0.682. The van der Waals surface area contributed by atoms with Crippen LogP contribution in [0.5, 0.6) is 0 Å². The van der Waals surface area contributed by atoms with Crippen LogP contribution in [0.3, 0.4) is 0 Å². The smallest absolute Gasteiger partial charge is 0.237 e. The Balaban J connectivity index is 3.83. The molecule has 0 saturated carbocycles. The number of carbonyl (C=O) groups excluding carboxylic acids is 1. The van der Waals surface area contributed by atoms with E-state index in [1.807, 2.05) is 21.0 Å². The molecule has 0 saturated heterocycles. The fourth-order valence-electron chi connectivity index (χ4n) is 0.682. The number of rotatable bonds is 2. The number of nitrogens with zero attached hydrogens (tertiary/aromatic N) is 2. The van der Waals surface area contributed by atoms with E-state index in [9.17, 15) is 4.79 Å². The third-order valence-electron chi connectivity index (χ3n) is 1.07. The second-order valence-electron chi connectivity index (χ2n) is 1.96. The van der Waals surface area contributed by atoms with Crippen LogP contribution in [0, 0.1) is 6.92 Å². The van der Waals surface area contributed by atoms with Gasteiger partial charge in [-0.2, -0.15) is 0 Å². The first-order valence-electron chi connectivity index (χ1n) is 2.90. The molecule has 1 amide bonds. The molecule has 0 rings (SSSR count). The van der Waals surface area contributed by atoms with Gasteiger partial charge in [0.2, 0.25) is 5.91 Å². The Morgan fingerprint density at radius 2 is 2.00 bits per heavy atom. The van der Waals surface area contributed by atoms with E-state index in [2.05, 4.69) is 6.92 Å². The van der Waals surface area contributed by atoms with E-state index in [-0.39, 0.29) is 5.91 Å². The molecule has 53 valence electrons. The number of amides is 1. The Kier molecular flexibility index (Phi) is 3.24. The summed E-state index contributed by atoms with van der Waals surface area (Å²) in [4.78, 5) is 10.6. The van der Waals surface area contributed by atoms with Gasteiger partial charge in [0.25, 0.3) is 0 Å². The summed E-state index contributed by atoms with van der Waals surface area (Å²) in [6.07, 6.45) is 0. The average molecular weight is 129 g/mol.